The topological polar surface area (TPSA) is 60.5 Å². The second-order valence-corrected chi connectivity index (χ2v) is 6.60. The second kappa shape index (κ2) is 8.49. The first-order chi connectivity index (χ1) is 12.7. The van der Waals surface area contributed by atoms with Crippen molar-refractivity contribution in [1.82, 2.24) is 4.98 Å². The lowest BCUT2D eigenvalue weighted by atomic mass is 10.2. The van der Waals surface area contributed by atoms with Gasteiger partial charge in [0.1, 0.15) is 17.0 Å². The third-order valence-electron chi connectivity index (χ3n) is 3.61. The molecule has 5 nitrogen and oxygen atoms in total. The number of para-hydroxylation sites is 1. The van der Waals surface area contributed by atoms with Crippen LogP contribution in [0.3, 0.4) is 0 Å². The number of amides is 1. The van der Waals surface area contributed by atoms with Gasteiger partial charge in [-0.05, 0) is 42.3 Å². The second-order valence-electron chi connectivity index (χ2n) is 5.57. The van der Waals surface area contributed by atoms with Crippen LogP contribution in [-0.4, -0.2) is 24.6 Å². The summed E-state index contributed by atoms with van der Waals surface area (Å²) >= 11 is 1.41. The van der Waals surface area contributed by atoms with Gasteiger partial charge in [-0.3, -0.25) is 10.1 Å². The van der Waals surface area contributed by atoms with Gasteiger partial charge in [-0.1, -0.05) is 36.5 Å². The lowest BCUT2D eigenvalue weighted by molar-refractivity contribution is -0.111. The Morgan fingerprint density at radius 3 is 2.77 bits per heavy atom. The minimum absolute atomic E-state index is 0.227. The Bertz CT molecular complexity index is 916. The lowest BCUT2D eigenvalue weighted by Gasteiger charge is -2.03. The Kier molecular flexibility index (Phi) is 5.86. The Labute approximate surface area is 156 Å². The highest BCUT2D eigenvalue weighted by atomic mass is 32.1. The number of carbonyl (C=O) groups is 1. The van der Waals surface area contributed by atoms with Crippen LogP contribution >= 0.6 is 11.3 Å². The Morgan fingerprint density at radius 2 is 2.04 bits per heavy atom. The van der Waals surface area contributed by atoms with E-state index in [9.17, 15) is 4.79 Å². The molecule has 0 aliphatic heterocycles. The van der Waals surface area contributed by atoms with Crippen molar-refractivity contribution in [2.45, 2.75) is 13.3 Å². The number of ether oxygens (including phenoxy) is 2. The van der Waals surface area contributed by atoms with Crippen molar-refractivity contribution in [2.24, 2.45) is 0 Å². The zero-order chi connectivity index (χ0) is 18.4. The standard InChI is InChI=1S/C20H20N2O3S/c1-3-13-25-15-10-7-14(8-11-15)9-12-18(23)21-20-22-19-16(24-2)5-4-6-17(19)26-20/h4-12H,3,13H2,1-2H3,(H,21,22,23)/b12-9+. The van der Waals surface area contributed by atoms with Gasteiger partial charge in [-0.15, -0.1) is 0 Å². The monoisotopic (exact) mass is 368 g/mol. The molecule has 0 saturated heterocycles. The number of nitrogens with one attached hydrogen (secondary N) is 1. The molecule has 0 unspecified atom stereocenters. The van der Waals surface area contributed by atoms with E-state index in [0.717, 1.165) is 28.0 Å². The van der Waals surface area contributed by atoms with E-state index in [1.807, 2.05) is 42.5 Å². The average Bonchev–Trinajstić information content (AvgIpc) is 3.07. The van der Waals surface area contributed by atoms with E-state index in [-0.39, 0.29) is 5.91 Å². The van der Waals surface area contributed by atoms with Crippen LogP contribution in [0, 0.1) is 0 Å². The van der Waals surface area contributed by atoms with E-state index in [1.165, 1.54) is 17.4 Å². The number of aromatic nitrogens is 1. The fraction of sp³-hybridized carbons (Fsp3) is 0.200. The first-order valence-electron chi connectivity index (χ1n) is 8.35. The van der Waals surface area contributed by atoms with E-state index in [0.29, 0.717) is 17.5 Å². The van der Waals surface area contributed by atoms with Crippen LogP contribution in [-0.2, 0) is 4.79 Å². The molecular formula is C20H20N2O3S. The summed E-state index contributed by atoms with van der Waals surface area (Å²) in [5.41, 5.74) is 1.68. The maximum atomic E-state index is 12.1. The Morgan fingerprint density at radius 1 is 1.23 bits per heavy atom. The van der Waals surface area contributed by atoms with Gasteiger partial charge in [0.2, 0.25) is 5.91 Å². The van der Waals surface area contributed by atoms with Crippen LogP contribution in [0.15, 0.2) is 48.5 Å². The molecule has 0 saturated carbocycles. The van der Waals surface area contributed by atoms with Crippen LogP contribution < -0.4 is 14.8 Å². The van der Waals surface area contributed by atoms with Gasteiger partial charge in [-0.25, -0.2) is 4.98 Å². The number of hydrogen-bond acceptors (Lipinski definition) is 5. The smallest absolute Gasteiger partial charge is 0.250 e. The highest BCUT2D eigenvalue weighted by Gasteiger charge is 2.09. The maximum absolute atomic E-state index is 12.1. The maximum Gasteiger partial charge on any atom is 0.250 e. The summed E-state index contributed by atoms with van der Waals surface area (Å²) in [4.78, 5) is 16.6. The molecule has 0 aliphatic carbocycles. The van der Waals surface area contributed by atoms with E-state index >= 15 is 0 Å². The zero-order valence-electron chi connectivity index (χ0n) is 14.7. The molecule has 2 aromatic carbocycles. The van der Waals surface area contributed by atoms with E-state index < -0.39 is 0 Å². The molecule has 1 aromatic heterocycles. The van der Waals surface area contributed by atoms with Gasteiger partial charge in [0.15, 0.2) is 5.13 Å². The van der Waals surface area contributed by atoms with Crippen molar-refractivity contribution in [3.63, 3.8) is 0 Å². The van der Waals surface area contributed by atoms with E-state index in [1.54, 1.807) is 13.2 Å². The number of benzene rings is 2. The molecule has 0 radical (unpaired) electrons. The number of nitrogens with zero attached hydrogens (tertiary/aromatic N) is 1. The highest BCUT2D eigenvalue weighted by molar-refractivity contribution is 7.22. The van der Waals surface area contributed by atoms with Crippen LogP contribution in [0.25, 0.3) is 16.3 Å². The first-order valence-corrected chi connectivity index (χ1v) is 9.16. The summed E-state index contributed by atoms with van der Waals surface area (Å²) in [6.07, 6.45) is 4.22. The van der Waals surface area contributed by atoms with Gasteiger partial charge in [0.05, 0.1) is 18.4 Å². The van der Waals surface area contributed by atoms with E-state index in [2.05, 4.69) is 17.2 Å². The first kappa shape index (κ1) is 17.9. The summed E-state index contributed by atoms with van der Waals surface area (Å²) in [6.45, 7) is 2.77. The molecule has 0 aliphatic rings. The zero-order valence-corrected chi connectivity index (χ0v) is 15.5. The third kappa shape index (κ3) is 4.40. The van der Waals surface area contributed by atoms with Gasteiger partial charge in [0.25, 0.3) is 0 Å². The molecule has 0 fully saturated rings. The number of carbonyl (C=O) groups excluding carboxylic acids is 1. The third-order valence-corrected chi connectivity index (χ3v) is 4.55. The molecule has 1 amide bonds. The van der Waals surface area contributed by atoms with Crippen molar-refractivity contribution in [1.29, 1.82) is 0 Å². The molecule has 1 N–H and O–H groups in total. The molecule has 134 valence electrons. The molecule has 0 spiro atoms. The Balaban J connectivity index is 1.64. The number of hydrogen-bond donors (Lipinski definition) is 1. The summed E-state index contributed by atoms with van der Waals surface area (Å²) < 4.78 is 11.8. The summed E-state index contributed by atoms with van der Waals surface area (Å²) in [6, 6.07) is 13.3. The minimum atomic E-state index is -0.227. The van der Waals surface area contributed by atoms with Crippen LogP contribution in [0.1, 0.15) is 18.9 Å². The van der Waals surface area contributed by atoms with Gasteiger partial charge >= 0.3 is 0 Å². The summed E-state index contributed by atoms with van der Waals surface area (Å²) in [5.74, 6) is 1.30. The van der Waals surface area contributed by atoms with Crippen molar-refractivity contribution in [3.05, 3.63) is 54.1 Å². The molecule has 0 bridgehead atoms. The molecule has 6 heteroatoms. The molecule has 1 heterocycles. The van der Waals surface area contributed by atoms with Gasteiger partial charge < -0.3 is 9.47 Å². The van der Waals surface area contributed by atoms with Crippen molar-refractivity contribution < 1.29 is 14.3 Å². The summed E-state index contributed by atoms with van der Waals surface area (Å²) in [5, 5.41) is 3.34. The fourth-order valence-electron chi connectivity index (χ4n) is 2.36. The highest BCUT2D eigenvalue weighted by Crippen LogP contribution is 2.32. The quantitative estimate of drug-likeness (QED) is 0.612. The van der Waals surface area contributed by atoms with Crippen LogP contribution in [0.2, 0.25) is 0 Å². The van der Waals surface area contributed by atoms with Crippen LogP contribution in [0.4, 0.5) is 5.13 Å². The molecule has 3 aromatic rings. The molecule has 0 atom stereocenters. The average molecular weight is 368 g/mol. The predicted octanol–water partition coefficient (Wildman–Crippen LogP) is 4.75. The van der Waals surface area contributed by atoms with Gasteiger partial charge in [0, 0.05) is 6.08 Å². The van der Waals surface area contributed by atoms with E-state index in [4.69, 9.17) is 9.47 Å². The summed E-state index contributed by atoms with van der Waals surface area (Å²) in [7, 11) is 1.60. The fourth-order valence-corrected chi connectivity index (χ4v) is 3.24. The predicted molar refractivity (Wildman–Crippen MR) is 106 cm³/mol. The number of fused-ring (bicyclic) bond motifs is 1. The van der Waals surface area contributed by atoms with Crippen molar-refractivity contribution >= 4 is 38.7 Å². The lowest BCUT2D eigenvalue weighted by Crippen LogP contribution is -2.07. The molecule has 26 heavy (non-hydrogen) atoms. The SMILES string of the molecule is CCCOc1ccc(/C=C/C(=O)Nc2nc3c(OC)cccc3s2)cc1. The number of rotatable bonds is 7. The minimum Gasteiger partial charge on any atom is -0.494 e. The number of methoxy groups -OCH3 is 1. The van der Waals surface area contributed by atoms with Crippen molar-refractivity contribution in [3.8, 4) is 11.5 Å². The van der Waals surface area contributed by atoms with Crippen molar-refractivity contribution in [2.75, 3.05) is 19.0 Å². The Hall–Kier alpha value is -2.86. The number of anilines is 1. The largest absolute Gasteiger partial charge is 0.494 e. The normalized spacial score (nSPS) is 11.0. The molecule has 3 rings (SSSR count). The number of thiazole rings is 1. The van der Waals surface area contributed by atoms with Gasteiger partial charge in [-0.2, -0.15) is 0 Å². The van der Waals surface area contributed by atoms with Crippen LogP contribution in [0.5, 0.6) is 11.5 Å². The molecular weight excluding hydrogens is 348 g/mol.